The molecule has 0 amide bonds. The third-order valence-corrected chi connectivity index (χ3v) is 7.77. The highest BCUT2D eigenvalue weighted by atomic mass is 35.5. The van der Waals surface area contributed by atoms with Crippen molar-refractivity contribution in [1.82, 2.24) is 0 Å². The molecule has 0 aromatic heterocycles. The predicted molar refractivity (Wildman–Crippen MR) is 105 cm³/mol. The van der Waals surface area contributed by atoms with E-state index >= 15 is 0 Å². The highest BCUT2D eigenvalue weighted by Gasteiger charge is 2.53. The van der Waals surface area contributed by atoms with Gasteiger partial charge in [-0.05, 0) is 65.5 Å². The van der Waals surface area contributed by atoms with Gasteiger partial charge < -0.3 is 9.84 Å². The summed E-state index contributed by atoms with van der Waals surface area (Å²) in [5.41, 5.74) is -1.04. The minimum absolute atomic E-state index is 0.156. The van der Waals surface area contributed by atoms with E-state index < -0.39 is 26.0 Å². The average molecular weight is 402 g/mol. The Morgan fingerprint density at radius 3 is 2.31 bits per heavy atom. The molecule has 26 heavy (non-hydrogen) atoms. The van der Waals surface area contributed by atoms with Gasteiger partial charge in [0.05, 0.1) is 5.60 Å². The molecule has 1 aromatic rings. The van der Waals surface area contributed by atoms with Crippen LogP contribution in [-0.4, -0.2) is 35.4 Å². The van der Waals surface area contributed by atoms with E-state index in [0.29, 0.717) is 11.4 Å². The molecule has 0 spiro atoms. The maximum atomic E-state index is 12.7. The molecule has 146 valence electrons. The van der Waals surface area contributed by atoms with Crippen LogP contribution in [0.2, 0.25) is 5.02 Å². The fourth-order valence-electron chi connectivity index (χ4n) is 2.99. The van der Waals surface area contributed by atoms with Crippen molar-refractivity contribution in [2.45, 2.75) is 76.3 Å². The Morgan fingerprint density at radius 1 is 1.23 bits per heavy atom. The predicted octanol–water partition coefficient (Wildman–Crippen LogP) is 4.29. The minimum atomic E-state index is -3.73. The van der Waals surface area contributed by atoms with Crippen LogP contribution in [0.3, 0.4) is 0 Å². The third-order valence-electron chi connectivity index (χ3n) is 5.20. The molecule has 0 aliphatic carbocycles. The van der Waals surface area contributed by atoms with Crippen molar-refractivity contribution in [2.75, 3.05) is 0 Å². The summed E-state index contributed by atoms with van der Waals surface area (Å²) >= 11 is 6.34. The van der Waals surface area contributed by atoms with Crippen LogP contribution in [-0.2, 0) is 14.8 Å². The van der Waals surface area contributed by atoms with Crippen LogP contribution in [0.1, 0.15) is 65.9 Å². The number of rotatable bonds is 5. The Kier molecular flexibility index (Phi) is 5.55. The first-order valence-corrected chi connectivity index (χ1v) is 10.5. The van der Waals surface area contributed by atoms with Crippen molar-refractivity contribution in [3.05, 3.63) is 34.9 Å². The Balaban J connectivity index is 2.44. The Hall–Kier alpha value is -1.11. The molecule has 7 heteroatoms. The van der Waals surface area contributed by atoms with E-state index in [9.17, 15) is 13.5 Å². The van der Waals surface area contributed by atoms with Crippen molar-refractivity contribution >= 4 is 27.5 Å². The number of ether oxygens (including phenoxy) is 1. The zero-order valence-corrected chi connectivity index (χ0v) is 17.8. The van der Waals surface area contributed by atoms with E-state index in [4.69, 9.17) is 16.3 Å². The molecule has 1 aromatic carbocycles. The summed E-state index contributed by atoms with van der Waals surface area (Å²) in [4.78, 5) is 0. The summed E-state index contributed by atoms with van der Waals surface area (Å²) in [6.45, 7) is 10.2. The second-order valence-electron chi connectivity index (χ2n) is 8.52. The summed E-state index contributed by atoms with van der Waals surface area (Å²) in [7, 11) is -3.73. The lowest BCUT2D eigenvalue weighted by molar-refractivity contribution is 0.0455. The largest absolute Gasteiger partial charge is 0.472 e. The number of halogens is 1. The molecule has 0 radical (unpaired) electrons. The standard InChI is InChI=1S/C19H28ClNO4S/c1-17(2,22)12-13(14-9-7-8-10-15(14)20)11-16-21-26(23,24)19(5,6)18(3,4)25-16/h7-10,13,22H,11-12H2,1-6H3/t13-/m0/s1. The quantitative estimate of drug-likeness (QED) is 0.798. The number of sulfonamides is 1. The Labute approximate surface area is 161 Å². The molecule has 1 heterocycles. The summed E-state index contributed by atoms with van der Waals surface area (Å²) in [5.74, 6) is -0.0712. The molecule has 1 aliphatic heterocycles. The first kappa shape index (κ1) is 21.2. The van der Waals surface area contributed by atoms with Crippen LogP contribution in [0, 0.1) is 0 Å². The monoisotopic (exact) mass is 401 g/mol. The van der Waals surface area contributed by atoms with Crippen LogP contribution >= 0.6 is 11.6 Å². The van der Waals surface area contributed by atoms with Gasteiger partial charge in [0.2, 0.25) is 5.90 Å². The van der Waals surface area contributed by atoms with E-state index in [-0.39, 0.29) is 18.2 Å². The lowest BCUT2D eigenvalue weighted by Crippen LogP contribution is -2.56. The van der Waals surface area contributed by atoms with Gasteiger partial charge in [-0.1, -0.05) is 29.8 Å². The van der Waals surface area contributed by atoms with Crippen molar-refractivity contribution in [1.29, 1.82) is 0 Å². The third kappa shape index (κ3) is 4.24. The molecule has 0 bridgehead atoms. The van der Waals surface area contributed by atoms with Crippen molar-refractivity contribution in [3.63, 3.8) is 0 Å². The molecular weight excluding hydrogens is 374 g/mol. The molecule has 5 nitrogen and oxygen atoms in total. The van der Waals surface area contributed by atoms with E-state index in [1.54, 1.807) is 47.6 Å². The summed E-state index contributed by atoms with van der Waals surface area (Å²) in [6.07, 6.45) is 0.634. The van der Waals surface area contributed by atoms with Gasteiger partial charge in [-0.2, -0.15) is 0 Å². The van der Waals surface area contributed by atoms with Crippen molar-refractivity contribution in [3.8, 4) is 0 Å². The number of nitrogens with zero attached hydrogens (tertiary/aromatic N) is 1. The van der Waals surface area contributed by atoms with Gasteiger partial charge in [-0.25, -0.2) is 8.42 Å². The number of aliphatic hydroxyl groups is 1. The van der Waals surface area contributed by atoms with E-state index in [2.05, 4.69) is 4.40 Å². The van der Waals surface area contributed by atoms with Gasteiger partial charge in [0.15, 0.2) is 0 Å². The highest BCUT2D eigenvalue weighted by molar-refractivity contribution is 7.91. The van der Waals surface area contributed by atoms with E-state index in [0.717, 1.165) is 5.56 Å². The fourth-order valence-corrected chi connectivity index (χ4v) is 4.55. The van der Waals surface area contributed by atoms with Gasteiger partial charge in [-0.15, -0.1) is 4.40 Å². The fraction of sp³-hybridized carbons (Fsp3) is 0.632. The highest BCUT2D eigenvalue weighted by Crippen LogP contribution is 2.41. The van der Waals surface area contributed by atoms with E-state index in [1.807, 2.05) is 18.2 Å². The zero-order valence-electron chi connectivity index (χ0n) is 16.2. The maximum absolute atomic E-state index is 12.7. The van der Waals surface area contributed by atoms with Crippen LogP contribution < -0.4 is 0 Å². The minimum Gasteiger partial charge on any atom is -0.472 e. The summed E-state index contributed by atoms with van der Waals surface area (Å²) in [5, 5.41) is 10.9. The van der Waals surface area contributed by atoms with Crippen molar-refractivity contribution < 1.29 is 18.3 Å². The molecule has 1 aliphatic rings. The Bertz CT molecular complexity index is 807. The molecular formula is C19H28ClNO4S. The molecule has 2 rings (SSSR count). The first-order valence-electron chi connectivity index (χ1n) is 8.65. The molecule has 0 saturated carbocycles. The Morgan fingerprint density at radius 2 is 1.81 bits per heavy atom. The SMILES string of the molecule is CC(C)(O)C[C@H](CC1=NS(=O)(=O)C(C)(C)C(C)(C)O1)c1ccccc1Cl. The normalized spacial score (nSPS) is 22.2. The smallest absolute Gasteiger partial charge is 0.265 e. The topological polar surface area (TPSA) is 76.0 Å². The molecule has 0 fully saturated rings. The van der Waals surface area contributed by atoms with Gasteiger partial charge >= 0.3 is 0 Å². The molecule has 1 N–H and O–H groups in total. The second kappa shape index (κ2) is 6.80. The van der Waals surface area contributed by atoms with Gasteiger partial charge in [0, 0.05) is 11.4 Å². The van der Waals surface area contributed by atoms with Gasteiger partial charge in [0.25, 0.3) is 10.0 Å². The van der Waals surface area contributed by atoms with Crippen LogP contribution in [0.15, 0.2) is 28.7 Å². The lowest BCUT2D eigenvalue weighted by atomic mass is 9.85. The summed E-state index contributed by atoms with van der Waals surface area (Å²) in [6, 6.07) is 7.36. The van der Waals surface area contributed by atoms with Crippen LogP contribution in [0.25, 0.3) is 0 Å². The number of benzene rings is 1. The number of hydrogen-bond donors (Lipinski definition) is 1. The van der Waals surface area contributed by atoms with Crippen LogP contribution in [0.4, 0.5) is 0 Å². The number of hydrogen-bond acceptors (Lipinski definition) is 4. The van der Waals surface area contributed by atoms with E-state index in [1.165, 1.54) is 0 Å². The van der Waals surface area contributed by atoms with Gasteiger partial charge in [0.1, 0.15) is 10.3 Å². The first-order chi connectivity index (χ1) is 11.7. The average Bonchev–Trinajstić information content (AvgIpc) is 2.43. The van der Waals surface area contributed by atoms with Crippen LogP contribution in [0.5, 0.6) is 0 Å². The second-order valence-corrected chi connectivity index (χ2v) is 11.1. The molecule has 0 unspecified atom stereocenters. The maximum Gasteiger partial charge on any atom is 0.265 e. The van der Waals surface area contributed by atoms with Crippen molar-refractivity contribution in [2.24, 2.45) is 4.40 Å². The summed E-state index contributed by atoms with van der Waals surface area (Å²) < 4.78 is 34.1. The zero-order chi connectivity index (χ0) is 20.0. The lowest BCUT2D eigenvalue weighted by Gasteiger charge is -2.43. The molecule has 1 atom stereocenters. The van der Waals surface area contributed by atoms with Gasteiger partial charge in [-0.3, -0.25) is 0 Å². The molecule has 0 saturated heterocycles.